The summed E-state index contributed by atoms with van der Waals surface area (Å²) in [6.07, 6.45) is 11.4. The molecule has 8 nitrogen and oxygen atoms in total. The zero-order chi connectivity index (χ0) is 18.0. The fraction of sp³-hybridized carbons (Fsp3) is 0.875. The summed E-state index contributed by atoms with van der Waals surface area (Å²) in [5, 5.41) is 12.2. The van der Waals surface area contributed by atoms with Crippen LogP contribution in [0, 0.1) is 5.41 Å². The van der Waals surface area contributed by atoms with Crippen molar-refractivity contribution >= 4 is 11.9 Å². The second kappa shape index (κ2) is 16.3. The van der Waals surface area contributed by atoms with Crippen molar-refractivity contribution in [3.8, 4) is 0 Å². The van der Waals surface area contributed by atoms with Crippen LogP contribution in [0.5, 0.6) is 0 Å². The third-order valence-electron chi connectivity index (χ3n) is 3.39. The van der Waals surface area contributed by atoms with Crippen molar-refractivity contribution in [1.29, 1.82) is 5.41 Å². The van der Waals surface area contributed by atoms with E-state index in [4.69, 9.17) is 26.6 Å². The Balaban J connectivity index is 3.84. The Hall–Kier alpha value is -1.54. The lowest BCUT2D eigenvalue weighted by Gasteiger charge is -2.16. The van der Waals surface area contributed by atoms with E-state index in [0.717, 1.165) is 43.7 Å². The molecule has 142 valence electrons. The van der Waals surface area contributed by atoms with Crippen LogP contribution in [0.4, 0.5) is 0 Å². The van der Waals surface area contributed by atoms with Gasteiger partial charge in [0.15, 0.2) is 0 Å². The second-order valence-corrected chi connectivity index (χ2v) is 5.76. The fourth-order valence-corrected chi connectivity index (χ4v) is 2.03. The third kappa shape index (κ3) is 14.1. The van der Waals surface area contributed by atoms with E-state index in [1.807, 2.05) is 0 Å². The van der Waals surface area contributed by atoms with Crippen molar-refractivity contribution in [2.24, 2.45) is 16.6 Å². The van der Waals surface area contributed by atoms with Gasteiger partial charge >= 0.3 is 0 Å². The largest absolute Gasteiger partial charge is 0.367 e. The first kappa shape index (κ1) is 22.5. The van der Waals surface area contributed by atoms with Crippen LogP contribution in [0.1, 0.15) is 78.1 Å². The molecule has 0 aliphatic carbocycles. The van der Waals surface area contributed by atoms with Gasteiger partial charge in [0.1, 0.15) is 0 Å². The molecular weight excluding hydrogens is 308 g/mol. The molecule has 0 rings (SSSR count). The monoisotopic (exact) mass is 344 g/mol. The molecule has 8 heteroatoms. The Morgan fingerprint density at radius 1 is 0.917 bits per heavy atom. The van der Waals surface area contributed by atoms with Crippen molar-refractivity contribution in [1.82, 2.24) is 10.7 Å². The number of nitrogens with two attached hydrogens (primary N) is 2. The van der Waals surface area contributed by atoms with Gasteiger partial charge in [-0.1, -0.05) is 70.4 Å². The highest BCUT2D eigenvalue weighted by molar-refractivity contribution is 5.79. The van der Waals surface area contributed by atoms with Gasteiger partial charge in [-0.15, -0.1) is 5.10 Å². The molecule has 0 heterocycles. The van der Waals surface area contributed by atoms with Crippen LogP contribution in [-0.2, 0) is 9.68 Å². The van der Waals surface area contributed by atoms with E-state index in [-0.39, 0.29) is 11.9 Å². The summed E-state index contributed by atoms with van der Waals surface area (Å²) in [5.74, 6) is -0.323. The number of guanidine groups is 2. The van der Waals surface area contributed by atoms with Crippen LogP contribution in [0.3, 0.4) is 0 Å². The maximum Gasteiger partial charge on any atom is 0.238 e. The van der Waals surface area contributed by atoms with Gasteiger partial charge in [-0.25, -0.2) is 10.3 Å². The summed E-state index contributed by atoms with van der Waals surface area (Å²) in [4.78, 5) is 10.6. The molecule has 0 unspecified atom stereocenters. The average molecular weight is 345 g/mol. The maximum absolute atomic E-state index is 7.43. The number of rotatable bonds is 15. The summed E-state index contributed by atoms with van der Waals surface area (Å²) in [7, 11) is 0. The Bertz CT molecular complexity index is 339. The molecule has 0 saturated carbocycles. The summed E-state index contributed by atoms with van der Waals surface area (Å²) < 4.78 is 0. The average Bonchev–Trinajstić information content (AvgIpc) is 2.55. The molecule has 0 radical (unpaired) electrons. The minimum atomic E-state index is -0.328. The van der Waals surface area contributed by atoms with E-state index >= 15 is 0 Å². The molecule has 0 aliphatic heterocycles. The fourth-order valence-electron chi connectivity index (χ4n) is 2.03. The quantitative estimate of drug-likeness (QED) is 0.157. The molecule has 0 aromatic rings. The van der Waals surface area contributed by atoms with Crippen LogP contribution in [0.25, 0.3) is 0 Å². The van der Waals surface area contributed by atoms with Crippen molar-refractivity contribution < 1.29 is 9.68 Å². The second-order valence-electron chi connectivity index (χ2n) is 5.76. The maximum atomic E-state index is 7.43. The van der Waals surface area contributed by atoms with Gasteiger partial charge in [0, 0.05) is 0 Å². The van der Waals surface area contributed by atoms with Crippen LogP contribution in [-0.4, -0.2) is 30.3 Å². The van der Waals surface area contributed by atoms with Crippen LogP contribution in [0.2, 0.25) is 0 Å². The Labute approximate surface area is 146 Å². The molecule has 0 saturated heterocycles. The van der Waals surface area contributed by atoms with Crippen LogP contribution < -0.4 is 16.9 Å². The van der Waals surface area contributed by atoms with E-state index in [2.05, 4.69) is 24.4 Å². The first-order valence-electron chi connectivity index (χ1n) is 9.10. The van der Waals surface area contributed by atoms with Gasteiger partial charge < -0.3 is 11.5 Å². The van der Waals surface area contributed by atoms with E-state index in [0.29, 0.717) is 13.2 Å². The molecule has 0 bridgehead atoms. The first-order chi connectivity index (χ1) is 11.6. The van der Waals surface area contributed by atoms with Crippen molar-refractivity contribution in [2.45, 2.75) is 78.1 Å². The van der Waals surface area contributed by atoms with Crippen LogP contribution in [0.15, 0.2) is 5.10 Å². The molecule has 0 fully saturated rings. The predicted octanol–water partition coefficient (Wildman–Crippen LogP) is 2.81. The minimum Gasteiger partial charge on any atom is -0.367 e. The predicted molar refractivity (Wildman–Crippen MR) is 97.9 cm³/mol. The van der Waals surface area contributed by atoms with Gasteiger partial charge in [0.2, 0.25) is 11.9 Å². The topological polar surface area (TPSA) is 122 Å². The van der Waals surface area contributed by atoms with E-state index in [1.54, 1.807) is 0 Å². The Kier molecular flexibility index (Phi) is 15.3. The number of hydrazone groups is 1. The van der Waals surface area contributed by atoms with Gasteiger partial charge in [-0.3, -0.25) is 10.2 Å². The molecule has 0 spiro atoms. The van der Waals surface area contributed by atoms with Gasteiger partial charge in [0.25, 0.3) is 0 Å². The molecule has 0 aliphatic rings. The SMILES string of the molecule is CCCCCCCCONC(N)=NN(OCCCCCC)C(=N)N. The Morgan fingerprint density at radius 3 is 2.08 bits per heavy atom. The lowest BCUT2D eigenvalue weighted by molar-refractivity contribution is -0.103. The number of unbranched alkanes of at least 4 members (excludes halogenated alkanes) is 8. The van der Waals surface area contributed by atoms with Crippen molar-refractivity contribution in [3.63, 3.8) is 0 Å². The number of hydrogen-bond donors (Lipinski definition) is 4. The van der Waals surface area contributed by atoms with E-state index in [1.165, 1.54) is 25.7 Å². The molecule has 24 heavy (non-hydrogen) atoms. The van der Waals surface area contributed by atoms with E-state index in [9.17, 15) is 0 Å². The third-order valence-corrected chi connectivity index (χ3v) is 3.39. The highest BCUT2D eigenvalue weighted by Gasteiger charge is 2.07. The zero-order valence-electron chi connectivity index (χ0n) is 15.4. The van der Waals surface area contributed by atoms with Gasteiger partial charge in [0.05, 0.1) is 13.2 Å². The first-order valence-corrected chi connectivity index (χ1v) is 9.10. The molecule has 0 aromatic heterocycles. The number of nitrogens with one attached hydrogen (secondary N) is 2. The minimum absolute atomic E-state index is 0.00439. The summed E-state index contributed by atoms with van der Waals surface area (Å²) in [6, 6.07) is 0. The normalized spacial score (nSPS) is 11.5. The van der Waals surface area contributed by atoms with Crippen molar-refractivity contribution in [2.75, 3.05) is 13.2 Å². The molecule has 6 N–H and O–H groups in total. The zero-order valence-corrected chi connectivity index (χ0v) is 15.4. The number of hydroxylamine groups is 2. The highest BCUT2D eigenvalue weighted by atomic mass is 16.7. The molecule has 0 aromatic carbocycles. The summed E-state index contributed by atoms with van der Waals surface area (Å²) >= 11 is 0. The summed E-state index contributed by atoms with van der Waals surface area (Å²) in [5.41, 5.74) is 13.6. The molecular formula is C16H36N6O2. The summed E-state index contributed by atoms with van der Waals surface area (Å²) in [6.45, 7) is 5.34. The lowest BCUT2D eigenvalue weighted by Crippen LogP contribution is -2.39. The molecule has 0 amide bonds. The van der Waals surface area contributed by atoms with Crippen molar-refractivity contribution in [3.05, 3.63) is 0 Å². The van der Waals surface area contributed by atoms with E-state index < -0.39 is 0 Å². The van der Waals surface area contributed by atoms with Crippen LogP contribution >= 0.6 is 0 Å². The van der Waals surface area contributed by atoms with Gasteiger partial charge in [-0.05, 0) is 12.8 Å². The Morgan fingerprint density at radius 2 is 1.46 bits per heavy atom. The highest BCUT2D eigenvalue weighted by Crippen LogP contribution is 2.04. The number of hydrogen-bond acceptors (Lipinski definition) is 4. The number of nitrogens with zero attached hydrogens (tertiary/aromatic N) is 2. The van der Waals surface area contributed by atoms with Gasteiger partial charge in [-0.2, -0.15) is 0 Å². The standard InChI is InChI=1S/C16H36N6O2/c1-3-5-7-9-10-11-13-23-21-16(19)20-22(15(17)18)24-14-12-8-6-4-2/h3-14H2,1-2H3,(H3,17,18)(H3,19,20,21). The molecule has 0 atom stereocenters. The lowest BCUT2D eigenvalue weighted by atomic mass is 10.1. The smallest absolute Gasteiger partial charge is 0.238 e.